The Morgan fingerprint density at radius 3 is 2.32 bits per heavy atom. The topological polar surface area (TPSA) is 41.6 Å². The molecule has 2 aromatic carbocycles. The molecule has 0 radical (unpaired) electrons. The van der Waals surface area contributed by atoms with Gasteiger partial charge in [-0.3, -0.25) is 4.79 Å². The number of nitrogens with one attached hydrogen (secondary N) is 1. The third kappa shape index (κ3) is 5.10. The molecule has 0 saturated heterocycles. The molecule has 25 heavy (non-hydrogen) atoms. The highest BCUT2D eigenvalue weighted by Crippen LogP contribution is 2.34. The molecule has 134 valence electrons. The number of carbonyl (C=O) groups excluding carboxylic acids is 1. The standard InChI is InChI=1S/C17H16F4N2O2/c1-23(2)15-8-3-11(17(19,20)21)9-14(15)22-16(24)10-25-13-6-4-12(18)5-7-13/h3-9H,10H2,1-2H3,(H,22,24). The van der Waals surface area contributed by atoms with Crippen LogP contribution in [-0.2, 0) is 11.0 Å². The fourth-order valence-corrected chi connectivity index (χ4v) is 2.07. The van der Waals surface area contributed by atoms with Crippen molar-refractivity contribution in [1.82, 2.24) is 0 Å². The fraction of sp³-hybridized carbons (Fsp3) is 0.235. The minimum atomic E-state index is -4.52. The second-order valence-electron chi connectivity index (χ2n) is 5.41. The SMILES string of the molecule is CN(C)c1ccc(C(F)(F)F)cc1NC(=O)COc1ccc(F)cc1. The van der Waals surface area contributed by atoms with Crippen LogP contribution in [0.3, 0.4) is 0 Å². The summed E-state index contributed by atoms with van der Waals surface area (Å²) in [4.78, 5) is 13.6. The van der Waals surface area contributed by atoms with Gasteiger partial charge in [0.05, 0.1) is 16.9 Å². The van der Waals surface area contributed by atoms with Gasteiger partial charge in [0.1, 0.15) is 11.6 Å². The molecule has 0 bridgehead atoms. The average molecular weight is 356 g/mol. The van der Waals surface area contributed by atoms with Gasteiger partial charge in [0.15, 0.2) is 6.61 Å². The highest BCUT2D eigenvalue weighted by atomic mass is 19.4. The smallest absolute Gasteiger partial charge is 0.416 e. The summed E-state index contributed by atoms with van der Waals surface area (Å²) in [7, 11) is 3.29. The summed E-state index contributed by atoms with van der Waals surface area (Å²) in [5.41, 5.74) is -0.427. The molecule has 0 atom stereocenters. The van der Waals surface area contributed by atoms with Crippen LogP contribution >= 0.6 is 0 Å². The van der Waals surface area contributed by atoms with Gasteiger partial charge in [-0.05, 0) is 42.5 Å². The Balaban J connectivity index is 2.11. The van der Waals surface area contributed by atoms with Gasteiger partial charge >= 0.3 is 6.18 Å². The summed E-state index contributed by atoms with van der Waals surface area (Å²) in [6, 6.07) is 8.12. The van der Waals surface area contributed by atoms with Crippen LogP contribution in [-0.4, -0.2) is 26.6 Å². The predicted octanol–water partition coefficient (Wildman–Crippen LogP) is 3.93. The van der Waals surface area contributed by atoms with Gasteiger partial charge in [-0.15, -0.1) is 0 Å². The van der Waals surface area contributed by atoms with Gasteiger partial charge in [0.25, 0.3) is 5.91 Å². The molecule has 0 spiro atoms. The maximum absolute atomic E-state index is 12.9. The zero-order chi connectivity index (χ0) is 18.6. The number of carbonyl (C=O) groups is 1. The molecule has 8 heteroatoms. The van der Waals surface area contributed by atoms with Crippen molar-refractivity contribution in [3.05, 3.63) is 53.8 Å². The molecule has 0 fully saturated rings. The molecule has 1 N–H and O–H groups in total. The Bertz CT molecular complexity index is 743. The van der Waals surface area contributed by atoms with Gasteiger partial charge in [0, 0.05) is 14.1 Å². The number of benzene rings is 2. The van der Waals surface area contributed by atoms with Crippen molar-refractivity contribution in [2.45, 2.75) is 6.18 Å². The van der Waals surface area contributed by atoms with E-state index in [2.05, 4.69) is 5.32 Å². The summed E-state index contributed by atoms with van der Waals surface area (Å²) >= 11 is 0. The van der Waals surface area contributed by atoms with Crippen molar-refractivity contribution >= 4 is 17.3 Å². The second kappa shape index (κ2) is 7.42. The quantitative estimate of drug-likeness (QED) is 0.826. The summed E-state index contributed by atoms with van der Waals surface area (Å²) in [6.45, 7) is -0.422. The van der Waals surface area contributed by atoms with Gasteiger partial charge in [-0.1, -0.05) is 0 Å². The number of anilines is 2. The minimum absolute atomic E-state index is 0.0209. The number of alkyl halides is 3. The van der Waals surface area contributed by atoms with Crippen molar-refractivity contribution in [3.63, 3.8) is 0 Å². The van der Waals surface area contributed by atoms with Crippen molar-refractivity contribution in [2.75, 3.05) is 30.9 Å². The second-order valence-corrected chi connectivity index (χ2v) is 5.41. The van der Waals surface area contributed by atoms with E-state index in [-0.39, 0.29) is 11.4 Å². The molecular formula is C17H16F4N2O2. The third-order valence-corrected chi connectivity index (χ3v) is 3.26. The van der Waals surface area contributed by atoms with E-state index in [1.54, 1.807) is 19.0 Å². The molecule has 0 unspecified atom stereocenters. The van der Waals surface area contributed by atoms with Crippen LogP contribution in [0.2, 0.25) is 0 Å². The molecule has 0 heterocycles. The minimum Gasteiger partial charge on any atom is -0.484 e. The molecule has 1 amide bonds. The zero-order valence-corrected chi connectivity index (χ0v) is 13.5. The van der Waals surface area contributed by atoms with Gasteiger partial charge in [0.2, 0.25) is 0 Å². The Labute approximate surface area is 142 Å². The monoisotopic (exact) mass is 356 g/mol. The lowest BCUT2D eigenvalue weighted by molar-refractivity contribution is -0.137. The van der Waals surface area contributed by atoms with E-state index >= 15 is 0 Å². The predicted molar refractivity (Wildman–Crippen MR) is 86.3 cm³/mol. The van der Waals surface area contributed by atoms with E-state index in [1.165, 1.54) is 30.3 Å². The molecule has 0 aromatic heterocycles. The summed E-state index contributed by atoms with van der Waals surface area (Å²) < 4.78 is 56.5. The summed E-state index contributed by atoms with van der Waals surface area (Å²) in [5.74, 6) is -0.809. The van der Waals surface area contributed by atoms with Crippen molar-refractivity contribution in [3.8, 4) is 5.75 Å². The van der Waals surface area contributed by atoms with E-state index in [0.29, 0.717) is 5.69 Å². The van der Waals surface area contributed by atoms with Gasteiger partial charge in [-0.25, -0.2) is 4.39 Å². The summed E-state index contributed by atoms with van der Waals surface area (Å²) in [6.07, 6.45) is -4.52. The number of rotatable bonds is 5. The largest absolute Gasteiger partial charge is 0.484 e. The number of nitrogens with zero attached hydrogens (tertiary/aromatic N) is 1. The number of ether oxygens (including phenoxy) is 1. The van der Waals surface area contributed by atoms with Crippen LogP contribution in [0.25, 0.3) is 0 Å². The van der Waals surface area contributed by atoms with Gasteiger partial charge < -0.3 is 15.0 Å². The van der Waals surface area contributed by atoms with E-state index in [9.17, 15) is 22.4 Å². The molecule has 0 aliphatic heterocycles. The molecular weight excluding hydrogens is 340 g/mol. The van der Waals surface area contributed by atoms with E-state index in [1.807, 2.05) is 0 Å². The lowest BCUT2D eigenvalue weighted by Gasteiger charge is -2.20. The van der Waals surface area contributed by atoms with Crippen LogP contribution in [0.4, 0.5) is 28.9 Å². The maximum atomic E-state index is 12.9. The average Bonchev–Trinajstić information content (AvgIpc) is 2.53. The molecule has 0 saturated carbocycles. The molecule has 0 aliphatic rings. The molecule has 0 aliphatic carbocycles. The van der Waals surface area contributed by atoms with E-state index in [0.717, 1.165) is 12.1 Å². The highest BCUT2D eigenvalue weighted by Gasteiger charge is 2.31. The maximum Gasteiger partial charge on any atom is 0.416 e. The van der Waals surface area contributed by atoms with Crippen molar-refractivity contribution < 1.29 is 27.1 Å². The number of hydrogen-bond donors (Lipinski definition) is 1. The zero-order valence-electron chi connectivity index (χ0n) is 13.5. The lowest BCUT2D eigenvalue weighted by Crippen LogP contribution is -2.22. The third-order valence-electron chi connectivity index (χ3n) is 3.26. The first-order valence-electron chi connectivity index (χ1n) is 7.23. The normalized spacial score (nSPS) is 11.1. The van der Waals surface area contributed by atoms with Crippen LogP contribution in [0.5, 0.6) is 5.75 Å². The number of amides is 1. The Kier molecular flexibility index (Phi) is 5.51. The number of hydrogen-bond acceptors (Lipinski definition) is 3. The Morgan fingerprint density at radius 1 is 1.12 bits per heavy atom. The Hall–Kier alpha value is -2.77. The van der Waals surface area contributed by atoms with E-state index < -0.39 is 30.1 Å². The van der Waals surface area contributed by atoms with Crippen LogP contribution in [0.15, 0.2) is 42.5 Å². The fourth-order valence-electron chi connectivity index (χ4n) is 2.07. The Morgan fingerprint density at radius 2 is 1.76 bits per heavy atom. The first-order valence-corrected chi connectivity index (χ1v) is 7.23. The van der Waals surface area contributed by atoms with Crippen LogP contribution < -0.4 is 15.0 Å². The van der Waals surface area contributed by atoms with Gasteiger partial charge in [-0.2, -0.15) is 13.2 Å². The van der Waals surface area contributed by atoms with E-state index in [4.69, 9.17) is 4.74 Å². The summed E-state index contributed by atoms with van der Waals surface area (Å²) in [5, 5.41) is 2.41. The van der Waals surface area contributed by atoms with Crippen LogP contribution in [0.1, 0.15) is 5.56 Å². The lowest BCUT2D eigenvalue weighted by atomic mass is 10.1. The van der Waals surface area contributed by atoms with Crippen molar-refractivity contribution in [1.29, 1.82) is 0 Å². The molecule has 2 aromatic rings. The molecule has 2 rings (SSSR count). The highest BCUT2D eigenvalue weighted by molar-refractivity contribution is 5.95. The number of halogens is 4. The molecule has 4 nitrogen and oxygen atoms in total. The van der Waals surface area contributed by atoms with Crippen molar-refractivity contribution in [2.24, 2.45) is 0 Å². The van der Waals surface area contributed by atoms with Crippen LogP contribution in [0, 0.1) is 5.82 Å². The first kappa shape index (κ1) is 18.6. The first-order chi connectivity index (χ1) is 11.7.